The predicted octanol–water partition coefficient (Wildman–Crippen LogP) is 2.50. The summed E-state index contributed by atoms with van der Waals surface area (Å²) >= 11 is 0. The average Bonchev–Trinajstić information content (AvgIpc) is 2.45. The molecule has 4 nitrogen and oxygen atoms in total. The molecule has 0 aromatic rings. The molecule has 0 heterocycles. The van der Waals surface area contributed by atoms with Crippen LogP contribution in [-0.4, -0.2) is 26.2 Å². The number of hydrogen-bond donors (Lipinski definition) is 0. The maximum Gasteiger partial charge on any atom is 0.314 e. The fourth-order valence-corrected chi connectivity index (χ4v) is 2.65. The van der Waals surface area contributed by atoms with Crippen molar-refractivity contribution in [2.24, 2.45) is 17.8 Å². The molecule has 0 aliphatic heterocycles. The second-order valence-electron chi connectivity index (χ2n) is 4.65. The second kappa shape index (κ2) is 7.12. The molecule has 0 aromatic carbocycles. The Labute approximate surface area is 114 Å². The van der Waals surface area contributed by atoms with Gasteiger partial charge in [-0.3, -0.25) is 9.59 Å². The third-order valence-corrected chi connectivity index (χ3v) is 3.60. The van der Waals surface area contributed by atoms with E-state index in [2.05, 4.69) is 6.92 Å². The van der Waals surface area contributed by atoms with E-state index in [4.69, 9.17) is 9.47 Å². The Bertz CT molecular complexity index is 395. The summed E-state index contributed by atoms with van der Waals surface area (Å²) in [5.74, 6) is -1.77. The van der Waals surface area contributed by atoms with Crippen LogP contribution in [0, 0.1) is 17.8 Å². The third kappa shape index (κ3) is 3.25. The van der Waals surface area contributed by atoms with E-state index >= 15 is 0 Å². The lowest BCUT2D eigenvalue weighted by Gasteiger charge is -2.32. The highest BCUT2D eigenvalue weighted by Gasteiger charge is 2.43. The van der Waals surface area contributed by atoms with Crippen LogP contribution >= 0.6 is 0 Å². The van der Waals surface area contributed by atoms with Crippen molar-refractivity contribution < 1.29 is 19.1 Å². The van der Waals surface area contributed by atoms with E-state index in [0.29, 0.717) is 0 Å². The maximum absolute atomic E-state index is 12.1. The van der Waals surface area contributed by atoms with Crippen LogP contribution in [0.2, 0.25) is 0 Å². The summed E-state index contributed by atoms with van der Waals surface area (Å²) in [6.07, 6.45) is 7.56. The van der Waals surface area contributed by atoms with Gasteiger partial charge in [-0.1, -0.05) is 31.6 Å². The van der Waals surface area contributed by atoms with Crippen LogP contribution in [0.15, 0.2) is 23.8 Å². The van der Waals surface area contributed by atoms with Crippen LogP contribution < -0.4 is 0 Å². The monoisotopic (exact) mass is 266 g/mol. The van der Waals surface area contributed by atoms with E-state index in [9.17, 15) is 9.59 Å². The summed E-state index contributed by atoms with van der Waals surface area (Å²) in [6, 6.07) is 0. The Balaban J connectivity index is 3.20. The number of carbonyl (C=O) groups excluding carboxylic acids is 2. The van der Waals surface area contributed by atoms with E-state index in [1.165, 1.54) is 14.2 Å². The van der Waals surface area contributed by atoms with Gasteiger partial charge in [-0.25, -0.2) is 0 Å². The topological polar surface area (TPSA) is 52.6 Å². The first kappa shape index (κ1) is 15.5. The minimum Gasteiger partial charge on any atom is -0.469 e. The van der Waals surface area contributed by atoms with Gasteiger partial charge < -0.3 is 9.47 Å². The summed E-state index contributed by atoms with van der Waals surface area (Å²) in [7, 11) is 2.70. The van der Waals surface area contributed by atoms with E-state index in [1.807, 2.05) is 25.2 Å². The van der Waals surface area contributed by atoms with Crippen molar-refractivity contribution >= 4 is 11.9 Å². The highest BCUT2D eigenvalue weighted by atomic mass is 16.5. The molecular weight excluding hydrogens is 244 g/mol. The smallest absolute Gasteiger partial charge is 0.314 e. The van der Waals surface area contributed by atoms with Crippen molar-refractivity contribution in [2.75, 3.05) is 14.2 Å². The Morgan fingerprint density at radius 1 is 1.26 bits per heavy atom. The second-order valence-corrected chi connectivity index (χ2v) is 4.65. The zero-order valence-electron chi connectivity index (χ0n) is 12.0. The Morgan fingerprint density at radius 2 is 1.89 bits per heavy atom. The molecule has 0 saturated carbocycles. The minimum absolute atomic E-state index is 0.0187. The van der Waals surface area contributed by atoms with Gasteiger partial charge >= 0.3 is 11.9 Å². The van der Waals surface area contributed by atoms with Gasteiger partial charge in [0.1, 0.15) is 0 Å². The fraction of sp³-hybridized carbons (Fsp3) is 0.600. The normalized spacial score (nSPS) is 28.2. The van der Waals surface area contributed by atoms with E-state index in [-0.39, 0.29) is 17.9 Å². The fourth-order valence-electron chi connectivity index (χ4n) is 2.65. The number of allylic oxidation sites excluding steroid dienone is 3. The van der Waals surface area contributed by atoms with Gasteiger partial charge in [0.05, 0.1) is 26.1 Å². The first-order valence-electron chi connectivity index (χ1n) is 6.60. The zero-order valence-corrected chi connectivity index (χ0v) is 12.0. The molecule has 1 rings (SSSR count). The molecule has 4 heteroatoms. The molecular formula is C15H22O4. The molecule has 0 fully saturated rings. The summed E-state index contributed by atoms with van der Waals surface area (Å²) in [6.45, 7) is 3.91. The molecule has 0 saturated heterocycles. The quantitative estimate of drug-likeness (QED) is 0.734. The predicted molar refractivity (Wildman–Crippen MR) is 72.3 cm³/mol. The van der Waals surface area contributed by atoms with Crippen molar-refractivity contribution in [1.82, 2.24) is 0 Å². The van der Waals surface area contributed by atoms with Gasteiger partial charge in [-0.15, -0.1) is 0 Å². The Hall–Kier alpha value is -1.58. The SMILES string of the molecule is C/C=C1\C=C[C@@H](CCC)[C@H](C(=O)OC)[C@H]1C(=O)OC. The van der Waals surface area contributed by atoms with Crippen LogP contribution in [0.5, 0.6) is 0 Å². The molecule has 0 N–H and O–H groups in total. The van der Waals surface area contributed by atoms with Crippen molar-refractivity contribution in [3.05, 3.63) is 23.8 Å². The molecule has 0 bridgehead atoms. The molecule has 19 heavy (non-hydrogen) atoms. The highest BCUT2D eigenvalue weighted by molar-refractivity contribution is 5.86. The standard InChI is InChI=1S/C15H22O4/c1-5-7-11-9-8-10(6-2)12(14(16)18-3)13(11)15(17)19-4/h6,8-9,11-13H,5,7H2,1-4H3/b10-6+/t11-,12+,13+/m1/s1. The van der Waals surface area contributed by atoms with Crippen LogP contribution in [-0.2, 0) is 19.1 Å². The Kier molecular flexibility index (Phi) is 5.80. The zero-order chi connectivity index (χ0) is 14.4. The maximum atomic E-state index is 12.1. The summed E-state index contributed by atoms with van der Waals surface area (Å²) in [5.41, 5.74) is 0.814. The summed E-state index contributed by atoms with van der Waals surface area (Å²) < 4.78 is 9.73. The highest BCUT2D eigenvalue weighted by Crippen LogP contribution is 2.37. The van der Waals surface area contributed by atoms with Crippen molar-refractivity contribution in [3.63, 3.8) is 0 Å². The first-order chi connectivity index (χ1) is 9.10. The van der Waals surface area contributed by atoms with Crippen molar-refractivity contribution in [1.29, 1.82) is 0 Å². The lowest BCUT2D eigenvalue weighted by Crippen LogP contribution is -2.39. The molecule has 3 atom stereocenters. The van der Waals surface area contributed by atoms with Crippen LogP contribution in [0.1, 0.15) is 26.7 Å². The summed E-state index contributed by atoms with van der Waals surface area (Å²) in [5, 5.41) is 0. The molecule has 0 amide bonds. The first-order valence-corrected chi connectivity index (χ1v) is 6.60. The van der Waals surface area contributed by atoms with Crippen LogP contribution in [0.25, 0.3) is 0 Å². The van der Waals surface area contributed by atoms with E-state index in [1.54, 1.807) is 0 Å². The molecule has 0 spiro atoms. The van der Waals surface area contributed by atoms with Crippen LogP contribution in [0.4, 0.5) is 0 Å². The molecule has 0 radical (unpaired) electrons. The molecule has 106 valence electrons. The number of carbonyl (C=O) groups is 2. The van der Waals surface area contributed by atoms with Gasteiger partial charge in [0.25, 0.3) is 0 Å². The molecule has 1 aliphatic carbocycles. The third-order valence-electron chi connectivity index (χ3n) is 3.60. The molecule has 1 aliphatic rings. The van der Waals surface area contributed by atoms with Gasteiger partial charge in [0, 0.05) is 0 Å². The molecule has 0 aromatic heterocycles. The lowest BCUT2D eigenvalue weighted by atomic mass is 9.71. The number of methoxy groups -OCH3 is 2. The number of ether oxygens (including phenoxy) is 2. The number of rotatable bonds is 4. The average molecular weight is 266 g/mol. The van der Waals surface area contributed by atoms with Gasteiger partial charge in [-0.05, 0) is 24.8 Å². The largest absolute Gasteiger partial charge is 0.469 e. The van der Waals surface area contributed by atoms with Gasteiger partial charge in [-0.2, -0.15) is 0 Å². The van der Waals surface area contributed by atoms with Gasteiger partial charge in [0.2, 0.25) is 0 Å². The summed E-state index contributed by atoms with van der Waals surface area (Å²) in [4.78, 5) is 24.1. The minimum atomic E-state index is -0.566. The number of hydrogen-bond acceptors (Lipinski definition) is 4. The van der Waals surface area contributed by atoms with Gasteiger partial charge in [0.15, 0.2) is 0 Å². The van der Waals surface area contributed by atoms with Crippen molar-refractivity contribution in [3.8, 4) is 0 Å². The van der Waals surface area contributed by atoms with E-state index < -0.39 is 11.8 Å². The molecule has 0 unspecified atom stereocenters. The van der Waals surface area contributed by atoms with Crippen molar-refractivity contribution in [2.45, 2.75) is 26.7 Å². The van der Waals surface area contributed by atoms with Crippen LogP contribution in [0.3, 0.4) is 0 Å². The Morgan fingerprint density at radius 3 is 2.37 bits per heavy atom. The number of esters is 2. The van der Waals surface area contributed by atoms with E-state index in [0.717, 1.165) is 18.4 Å². The lowest BCUT2D eigenvalue weighted by molar-refractivity contribution is -0.157.